The molecule has 0 aliphatic rings. The molecule has 5 heteroatoms. The lowest BCUT2D eigenvalue weighted by Crippen LogP contribution is -2.43. The Bertz CT molecular complexity index is 208. The van der Waals surface area contributed by atoms with E-state index in [1.165, 1.54) is 4.90 Å². The molecule has 0 spiro atoms. The number of nitrogens with zero attached hydrogens (tertiary/aromatic N) is 1. The summed E-state index contributed by atoms with van der Waals surface area (Å²) in [6.45, 7) is 5.20. The van der Waals surface area contributed by atoms with Gasteiger partial charge in [0, 0.05) is 12.6 Å². The molecular weight excluding hydrogens is 172 g/mol. The van der Waals surface area contributed by atoms with Crippen LogP contribution < -0.4 is 5.73 Å². The van der Waals surface area contributed by atoms with E-state index in [-0.39, 0.29) is 12.1 Å². The summed E-state index contributed by atoms with van der Waals surface area (Å²) in [7, 11) is 1.60. The van der Waals surface area contributed by atoms with E-state index in [1.807, 2.05) is 20.8 Å². The van der Waals surface area contributed by atoms with Gasteiger partial charge in [0.05, 0.1) is 0 Å². The first-order chi connectivity index (χ1) is 5.75. The van der Waals surface area contributed by atoms with Gasteiger partial charge in [0.1, 0.15) is 0 Å². The van der Waals surface area contributed by atoms with Crippen molar-refractivity contribution in [2.75, 3.05) is 13.7 Å². The summed E-state index contributed by atoms with van der Waals surface area (Å²) in [6.07, 6.45) is -0.550. The molecule has 0 radical (unpaired) electrons. The summed E-state index contributed by atoms with van der Waals surface area (Å²) in [5, 5.41) is 0. The number of hydrogen-bond donors (Lipinski definition) is 1. The molecule has 0 aromatic heterocycles. The van der Waals surface area contributed by atoms with Crippen molar-refractivity contribution in [2.24, 2.45) is 5.73 Å². The van der Waals surface area contributed by atoms with Crippen LogP contribution in [-0.4, -0.2) is 36.1 Å². The zero-order valence-electron chi connectivity index (χ0n) is 8.46. The maximum atomic E-state index is 11.2. The van der Waals surface area contributed by atoms with Crippen LogP contribution in [0.3, 0.4) is 0 Å². The number of carbonyl (C=O) groups excluding carboxylic acids is 2. The van der Waals surface area contributed by atoms with Gasteiger partial charge in [-0.3, -0.25) is 4.79 Å². The highest BCUT2D eigenvalue weighted by molar-refractivity contribution is 5.78. The van der Waals surface area contributed by atoms with Gasteiger partial charge in [0.15, 0.2) is 6.61 Å². The van der Waals surface area contributed by atoms with Crippen LogP contribution in [0.1, 0.15) is 20.8 Å². The average Bonchev–Trinajstić information content (AvgIpc) is 1.96. The fourth-order valence-electron chi connectivity index (χ4n) is 0.504. The highest BCUT2D eigenvalue weighted by Gasteiger charge is 2.23. The number of carbonyl (C=O) groups is 2. The first kappa shape index (κ1) is 11.7. The van der Waals surface area contributed by atoms with E-state index >= 15 is 0 Å². The molecule has 0 rings (SSSR count). The normalized spacial score (nSPS) is 10.8. The second-order valence-electron chi connectivity index (χ2n) is 3.75. The molecule has 0 aliphatic carbocycles. The molecule has 5 nitrogen and oxygen atoms in total. The van der Waals surface area contributed by atoms with Gasteiger partial charge in [-0.15, -0.1) is 0 Å². The number of hydrogen-bond acceptors (Lipinski definition) is 3. The molecule has 0 aromatic rings. The third kappa shape index (κ3) is 4.35. The van der Waals surface area contributed by atoms with Crippen molar-refractivity contribution in [1.82, 2.24) is 4.90 Å². The Balaban J connectivity index is 4.05. The lowest BCUT2D eigenvalue weighted by atomic mass is 10.1. The number of nitrogens with two attached hydrogens (primary N) is 1. The summed E-state index contributed by atoms with van der Waals surface area (Å²) in [6, 6.07) is 0. The van der Waals surface area contributed by atoms with Crippen molar-refractivity contribution in [3.63, 3.8) is 0 Å². The number of ether oxygens (including phenoxy) is 1. The van der Waals surface area contributed by atoms with Crippen LogP contribution in [0.4, 0.5) is 4.79 Å². The zero-order valence-corrected chi connectivity index (χ0v) is 8.46. The van der Waals surface area contributed by atoms with Crippen LogP contribution in [0.15, 0.2) is 0 Å². The molecule has 0 fully saturated rings. The molecule has 13 heavy (non-hydrogen) atoms. The average molecular weight is 188 g/mol. The van der Waals surface area contributed by atoms with Crippen molar-refractivity contribution >= 4 is 12.0 Å². The zero-order chi connectivity index (χ0) is 10.6. The Morgan fingerprint density at radius 1 is 1.38 bits per heavy atom. The van der Waals surface area contributed by atoms with Gasteiger partial charge in [0.2, 0.25) is 0 Å². The van der Waals surface area contributed by atoms with Crippen molar-refractivity contribution < 1.29 is 14.3 Å². The third-order valence-electron chi connectivity index (χ3n) is 1.62. The number of primary amides is 1. The van der Waals surface area contributed by atoms with Crippen LogP contribution in [0.2, 0.25) is 0 Å². The first-order valence-electron chi connectivity index (χ1n) is 3.94. The fraction of sp³-hybridized carbons (Fsp3) is 0.750. The van der Waals surface area contributed by atoms with Crippen molar-refractivity contribution in [2.45, 2.75) is 26.3 Å². The summed E-state index contributed by atoms with van der Waals surface area (Å²) < 4.78 is 4.60. The largest absolute Gasteiger partial charge is 0.439 e. The lowest BCUT2D eigenvalue weighted by molar-refractivity contribution is -0.121. The topological polar surface area (TPSA) is 72.6 Å². The van der Waals surface area contributed by atoms with E-state index in [4.69, 9.17) is 5.73 Å². The van der Waals surface area contributed by atoms with Gasteiger partial charge in [0.25, 0.3) is 5.91 Å². The number of amides is 2. The van der Waals surface area contributed by atoms with E-state index in [0.717, 1.165) is 0 Å². The molecule has 0 atom stereocenters. The maximum absolute atomic E-state index is 11.2. The van der Waals surface area contributed by atoms with E-state index in [2.05, 4.69) is 4.74 Å². The Labute approximate surface area is 77.8 Å². The molecular formula is C8H16N2O3. The van der Waals surface area contributed by atoms with Crippen molar-refractivity contribution in [3.8, 4) is 0 Å². The monoisotopic (exact) mass is 188 g/mol. The van der Waals surface area contributed by atoms with E-state index < -0.39 is 12.0 Å². The van der Waals surface area contributed by atoms with E-state index in [9.17, 15) is 9.59 Å². The molecule has 0 saturated heterocycles. The van der Waals surface area contributed by atoms with Crippen molar-refractivity contribution in [1.29, 1.82) is 0 Å². The predicted octanol–water partition coefficient (Wildman–Crippen LogP) is 0.339. The van der Waals surface area contributed by atoms with Gasteiger partial charge in [-0.1, -0.05) is 0 Å². The third-order valence-corrected chi connectivity index (χ3v) is 1.62. The smallest absolute Gasteiger partial charge is 0.410 e. The van der Waals surface area contributed by atoms with Gasteiger partial charge < -0.3 is 15.4 Å². The standard InChI is InChI=1S/C8H16N2O3/c1-8(2,3)10(4)7(12)13-5-6(9)11/h5H2,1-4H3,(H2,9,11). The summed E-state index contributed by atoms with van der Waals surface area (Å²) in [4.78, 5) is 22.9. The predicted molar refractivity (Wildman–Crippen MR) is 48.1 cm³/mol. The van der Waals surface area contributed by atoms with Crippen LogP contribution in [0, 0.1) is 0 Å². The Morgan fingerprint density at radius 3 is 2.15 bits per heavy atom. The fourth-order valence-corrected chi connectivity index (χ4v) is 0.504. The molecule has 0 aliphatic heterocycles. The Morgan fingerprint density at radius 2 is 1.85 bits per heavy atom. The molecule has 0 aromatic carbocycles. The van der Waals surface area contributed by atoms with Gasteiger partial charge in [-0.05, 0) is 20.8 Å². The first-order valence-corrected chi connectivity index (χ1v) is 3.94. The molecule has 0 heterocycles. The molecule has 76 valence electrons. The highest BCUT2D eigenvalue weighted by atomic mass is 16.6. The second kappa shape index (κ2) is 4.11. The minimum atomic E-state index is -0.657. The van der Waals surface area contributed by atoms with Gasteiger partial charge in [-0.25, -0.2) is 4.79 Å². The van der Waals surface area contributed by atoms with Crippen LogP contribution >= 0.6 is 0 Å². The van der Waals surface area contributed by atoms with E-state index in [0.29, 0.717) is 0 Å². The van der Waals surface area contributed by atoms with Gasteiger partial charge >= 0.3 is 6.09 Å². The molecule has 0 unspecified atom stereocenters. The van der Waals surface area contributed by atoms with Crippen molar-refractivity contribution in [3.05, 3.63) is 0 Å². The summed E-state index contributed by atoms with van der Waals surface area (Å²) in [5.41, 5.74) is 4.49. The summed E-state index contributed by atoms with van der Waals surface area (Å²) in [5.74, 6) is -0.657. The molecule has 2 N–H and O–H groups in total. The minimum Gasteiger partial charge on any atom is -0.439 e. The van der Waals surface area contributed by atoms with Crippen LogP contribution in [0.5, 0.6) is 0 Å². The SMILES string of the molecule is CN(C(=O)OCC(N)=O)C(C)(C)C. The van der Waals surface area contributed by atoms with Gasteiger partial charge in [-0.2, -0.15) is 0 Å². The quantitative estimate of drug-likeness (QED) is 0.679. The Kier molecular flexibility index (Phi) is 3.71. The molecule has 2 amide bonds. The number of rotatable bonds is 2. The lowest BCUT2D eigenvalue weighted by Gasteiger charge is -2.30. The highest BCUT2D eigenvalue weighted by Crippen LogP contribution is 2.11. The Hall–Kier alpha value is -1.26. The van der Waals surface area contributed by atoms with E-state index in [1.54, 1.807) is 7.05 Å². The van der Waals surface area contributed by atoms with Crippen LogP contribution in [-0.2, 0) is 9.53 Å². The van der Waals surface area contributed by atoms with Crippen LogP contribution in [0.25, 0.3) is 0 Å². The second-order valence-corrected chi connectivity index (χ2v) is 3.75. The molecule has 0 bridgehead atoms. The summed E-state index contributed by atoms with van der Waals surface area (Å²) >= 11 is 0. The molecule has 0 saturated carbocycles. The minimum absolute atomic E-state index is 0.325. The maximum Gasteiger partial charge on any atom is 0.410 e.